The zero-order valence-electron chi connectivity index (χ0n) is 12.9. The van der Waals surface area contributed by atoms with Gasteiger partial charge in [-0.25, -0.2) is 4.98 Å². The highest BCUT2D eigenvalue weighted by Gasteiger charge is 2.28. The van der Waals surface area contributed by atoms with E-state index in [1.165, 1.54) is 13.2 Å². The fraction of sp³-hybridized carbons (Fsp3) is 0.0526. The van der Waals surface area contributed by atoms with Gasteiger partial charge in [0.2, 0.25) is 11.6 Å². The minimum atomic E-state index is -0.387. The second kappa shape index (κ2) is 6.04. The fourth-order valence-corrected chi connectivity index (χ4v) is 2.48. The maximum absolute atomic E-state index is 12.2. The first kappa shape index (κ1) is 15.6. The first-order valence-corrected chi connectivity index (χ1v) is 7.18. The predicted molar refractivity (Wildman–Crippen MR) is 88.0 cm³/mol. The van der Waals surface area contributed by atoms with Crippen LogP contribution in [0.15, 0.2) is 60.9 Å². The molecule has 24 heavy (non-hydrogen) atoms. The van der Waals surface area contributed by atoms with Gasteiger partial charge in [-0.1, -0.05) is 24.8 Å². The summed E-state index contributed by atoms with van der Waals surface area (Å²) in [5.41, 5.74) is 1.95. The number of aromatic nitrogens is 1. The van der Waals surface area contributed by atoms with E-state index in [-0.39, 0.29) is 34.4 Å². The first-order valence-electron chi connectivity index (χ1n) is 7.18. The van der Waals surface area contributed by atoms with Crippen molar-refractivity contribution in [2.45, 2.75) is 0 Å². The fourth-order valence-electron chi connectivity index (χ4n) is 2.48. The third kappa shape index (κ3) is 2.56. The molecule has 0 saturated heterocycles. The van der Waals surface area contributed by atoms with Gasteiger partial charge in [0.1, 0.15) is 5.69 Å². The molecule has 0 bridgehead atoms. The molecule has 118 valence electrons. The minimum Gasteiger partial charge on any atom is -0.492 e. The molecule has 0 spiro atoms. The number of carbonyl (C=O) groups is 3. The number of rotatable bonds is 4. The molecule has 2 aromatic rings. The number of ketones is 3. The summed E-state index contributed by atoms with van der Waals surface area (Å²) in [6.45, 7) is 3.46. The molecule has 0 atom stereocenters. The van der Waals surface area contributed by atoms with E-state index in [4.69, 9.17) is 4.74 Å². The van der Waals surface area contributed by atoms with Crippen molar-refractivity contribution < 1.29 is 19.1 Å². The van der Waals surface area contributed by atoms with Crippen LogP contribution in [-0.2, 0) is 4.74 Å². The van der Waals surface area contributed by atoms with Crippen LogP contribution in [-0.4, -0.2) is 29.4 Å². The Labute approximate surface area is 138 Å². The van der Waals surface area contributed by atoms with Gasteiger partial charge in [-0.3, -0.25) is 14.4 Å². The van der Waals surface area contributed by atoms with Crippen LogP contribution in [0.25, 0.3) is 11.3 Å². The van der Waals surface area contributed by atoms with E-state index in [1.54, 1.807) is 36.4 Å². The van der Waals surface area contributed by atoms with Gasteiger partial charge in [-0.2, -0.15) is 0 Å². The van der Waals surface area contributed by atoms with E-state index in [0.717, 1.165) is 6.08 Å². The molecule has 0 radical (unpaired) electrons. The predicted octanol–water partition coefficient (Wildman–Crippen LogP) is 3.03. The average Bonchev–Trinajstić information content (AvgIpc) is 2.63. The van der Waals surface area contributed by atoms with E-state index in [1.807, 2.05) is 0 Å². The highest BCUT2D eigenvalue weighted by molar-refractivity contribution is 6.23. The standard InChI is InChI=1S/C19H13NO4/c1-3-15(21)12-6-4-5-11(9-12)14-8-7-13-18(20-14)16(22)10-17(24-2)19(13)23/h3-10H,1H2,2H3. The third-order valence-electron chi connectivity index (χ3n) is 3.71. The first-order chi connectivity index (χ1) is 11.5. The van der Waals surface area contributed by atoms with Crippen LogP contribution in [0.3, 0.4) is 0 Å². The van der Waals surface area contributed by atoms with E-state index in [0.29, 0.717) is 16.8 Å². The highest BCUT2D eigenvalue weighted by Crippen LogP contribution is 2.25. The summed E-state index contributed by atoms with van der Waals surface area (Å²) < 4.78 is 4.92. The SMILES string of the molecule is C=CC(=O)c1cccc(-c2ccc3c(n2)C(=O)C=C(OC)C3=O)c1. The van der Waals surface area contributed by atoms with Gasteiger partial charge < -0.3 is 4.74 Å². The number of pyridine rings is 1. The van der Waals surface area contributed by atoms with Crippen molar-refractivity contribution in [3.8, 4) is 11.3 Å². The van der Waals surface area contributed by atoms with Crippen molar-refractivity contribution in [2.24, 2.45) is 0 Å². The van der Waals surface area contributed by atoms with Crippen LogP contribution in [0.2, 0.25) is 0 Å². The number of benzene rings is 1. The molecule has 1 aliphatic carbocycles. The van der Waals surface area contributed by atoms with Crippen LogP contribution in [0.1, 0.15) is 31.2 Å². The van der Waals surface area contributed by atoms with Crippen LogP contribution in [0, 0.1) is 0 Å². The third-order valence-corrected chi connectivity index (χ3v) is 3.71. The Morgan fingerprint density at radius 2 is 2.00 bits per heavy atom. The van der Waals surface area contributed by atoms with Gasteiger partial charge >= 0.3 is 0 Å². The van der Waals surface area contributed by atoms with Crippen molar-refractivity contribution in [2.75, 3.05) is 7.11 Å². The smallest absolute Gasteiger partial charge is 0.229 e. The summed E-state index contributed by atoms with van der Waals surface area (Å²) in [6.07, 6.45) is 2.37. The van der Waals surface area contributed by atoms with Gasteiger partial charge in [0.05, 0.1) is 18.4 Å². The molecule has 0 N–H and O–H groups in total. The lowest BCUT2D eigenvalue weighted by atomic mass is 9.96. The Morgan fingerprint density at radius 1 is 1.21 bits per heavy atom. The Bertz CT molecular complexity index is 925. The Hall–Kier alpha value is -3.34. The summed E-state index contributed by atoms with van der Waals surface area (Å²) in [6, 6.07) is 10.0. The molecule has 5 heteroatoms. The van der Waals surface area contributed by atoms with Gasteiger partial charge in [-0.15, -0.1) is 0 Å². The van der Waals surface area contributed by atoms with Gasteiger partial charge in [0.25, 0.3) is 0 Å². The molecule has 0 aliphatic heterocycles. The molecule has 5 nitrogen and oxygen atoms in total. The molecule has 1 aliphatic rings. The molecule has 0 fully saturated rings. The van der Waals surface area contributed by atoms with Crippen LogP contribution in [0.5, 0.6) is 0 Å². The van der Waals surface area contributed by atoms with E-state index in [9.17, 15) is 14.4 Å². The lowest BCUT2D eigenvalue weighted by molar-refractivity contribution is 0.0914. The summed E-state index contributed by atoms with van der Waals surface area (Å²) in [5.74, 6) is -0.960. The number of nitrogens with zero attached hydrogens (tertiary/aromatic N) is 1. The second-order valence-electron chi connectivity index (χ2n) is 5.15. The van der Waals surface area contributed by atoms with Crippen LogP contribution < -0.4 is 0 Å². The lowest BCUT2D eigenvalue weighted by Gasteiger charge is -2.14. The molecule has 0 amide bonds. The van der Waals surface area contributed by atoms with Crippen LogP contribution >= 0.6 is 0 Å². The Balaban J connectivity index is 2.07. The Morgan fingerprint density at radius 3 is 2.71 bits per heavy atom. The van der Waals surface area contributed by atoms with Crippen molar-refractivity contribution in [1.82, 2.24) is 4.98 Å². The minimum absolute atomic E-state index is 0.000581. The van der Waals surface area contributed by atoms with Crippen molar-refractivity contribution in [3.05, 3.63) is 77.7 Å². The molecule has 1 heterocycles. The number of hydrogen-bond acceptors (Lipinski definition) is 5. The van der Waals surface area contributed by atoms with E-state index < -0.39 is 0 Å². The number of ether oxygens (including phenoxy) is 1. The largest absolute Gasteiger partial charge is 0.492 e. The lowest BCUT2D eigenvalue weighted by Crippen LogP contribution is -2.19. The maximum atomic E-state index is 12.2. The number of allylic oxidation sites excluding steroid dienone is 3. The molecule has 0 unspecified atom stereocenters. The number of carbonyl (C=O) groups excluding carboxylic acids is 3. The van der Waals surface area contributed by atoms with Crippen molar-refractivity contribution in [3.63, 3.8) is 0 Å². The van der Waals surface area contributed by atoms with Crippen molar-refractivity contribution >= 4 is 17.3 Å². The van der Waals surface area contributed by atoms with Gasteiger partial charge in [-0.05, 0) is 24.3 Å². The molecule has 0 saturated carbocycles. The zero-order chi connectivity index (χ0) is 17.3. The van der Waals surface area contributed by atoms with Crippen molar-refractivity contribution in [1.29, 1.82) is 0 Å². The number of methoxy groups -OCH3 is 1. The molecular weight excluding hydrogens is 306 g/mol. The number of Topliss-reactive ketones (excluding diaryl/α,β-unsaturated/α-hetero) is 1. The topological polar surface area (TPSA) is 73.3 Å². The summed E-state index contributed by atoms with van der Waals surface area (Å²) >= 11 is 0. The monoisotopic (exact) mass is 319 g/mol. The normalized spacial score (nSPS) is 13.1. The van der Waals surface area contributed by atoms with Gasteiger partial charge in [0, 0.05) is 17.2 Å². The molecule has 1 aromatic heterocycles. The molecule has 1 aromatic carbocycles. The number of fused-ring (bicyclic) bond motifs is 1. The number of hydrogen-bond donors (Lipinski definition) is 0. The molecule has 3 rings (SSSR count). The summed E-state index contributed by atoms with van der Waals surface area (Å²) in [5, 5.41) is 0. The summed E-state index contributed by atoms with van der Waals surface area (Å²) in [4.78, 5) is 40.4. The zero-order valence-corrected chi connectivity index (χ0v) is 12.9. The van der Waals surface area contributed by atoms with E-state index >= 15 is 0 Å². The molecular formula is C19H13NO4. The van der Waals surface area contributed by atoms with Gasteiger partial charge in [0.15, 0.2) is 11.5 Å². The quantitative estimate of drug-likeness (QED) is 0.640. The maximum Gasteiger partial charge on any atom is 0.229 e. The van der Waals surface area contributed by atoms with E-state index in [2.05, 4.69) is 11.6 Å². The Kier molecular flexibility index (Phi) is 3.92. The average molecular weight is 319 g/mol. The van der Waals surface area contributed by atoms with Crippen LogP contribution in [0.4, 0.5) is 0 Å². The second-order valence-corrected chi connectivity index (χ2v) is 5.15. The highest BCUT2D eigenvalue weighted by atomic mass is 16.5. The summed E-state index contributed by atoms with van der Waals surface area (Å²) in [7, 11) is 1.34.